The maximum Gasteiger partial charge on any atom is 0.258 e. The summed E-state index contributed by atoms with van der Waals surface area (Å²) in [5.41, 5.74) is 0. The minimum atomic E-state index is -1.31. The van der Waals surface area contributed by atoms with Crippen molar-refractivity contribution in [2.45, 2.75) is 19.9 Å². The number of benzene rings is 1. The van der Waals surface area contributed by atoms with Gasteiger partial charge in [-0.25, -0.2) is 0 Å². The summed E-state index contributed by atoms with van der Waals surface area (Å²) in [6.45, 7) is 3.10. The first kappa shape index (κ1) is 15.3. The van der Waals surface area contributed by atoms with Crippen LogP contribution in [0.15, 0.2) is 24.3 Å². The molecular weight excluding hydrogens is 270 g/mol. The molecule has 0 aliphatic rings. The zero-order valence-electron chi connectivity index (χ0n) is 10.7. The molecule has 0 bridgehead atoms. The van der Waals surface area contributed by atoms with Gasteiger partial charge in [-0.05, 0) is 30.2 Å². The van der Waals surface area contributed by atoms with Crippen LogP contribution in [0.5, 0.6) is 5.75 Å². The summed E-state index contributed by atoms with van der Waals surface area (Å²) >= 11 is 5.71. The Morgan fingerprint density at radius 1 is 1.32 bits per heavy atom. The molecule has 5 nitrogen and oxygen atoms in total. The number of nitrogens with one attached hydrogen (secondary N) is 1. The third kappa shape index (κ3) is 5.18. The Balaban J connectivity index is 2.47. The fourth-order valence-corrected chi connectivity index (χ4v) is 1.52. The monoisotopic (exact) mass is 284 g/mol. The standard InChI is InChI=1S/C13H16ClNO4/c1-8(2)12(13(17)18)15-11(16)7-19-10-5-3-9(14)4-6-10/h3-6,8,12H,7H2,1-2H3,(H,15,16)(H,17,18)/p-1/t12-/m1/s1. The van der Waals surface area contributed by atoms with E-state index in [0.717, 1.165) is 0 Å². The summed E-state index contributed by atoms with van der Waals surface area (Å²) in [6, 6.07) is 5.48. The minimum Gasteiger partial charge on any atom is -0.548 e. The van der Waals surface area contributed by atoms with Gasteiger partial charge >= 0.3 is 0 Å². The smallest absolute Gasteiger partial charge is 0.258 e. The number of halogens is 1. The molecule has 0 heterocycles. The van der Waals surface area contributed by atoms with E-state index in [1.54, 1.807) is 38.1 Å². The second-order valence-electron chi connectivity index (χ2n) is 4.35. The molecule has 0 aliphatic heterocycles. The lowest BCUT2D eigenvalue weighted by atomic mass is 10.1. The number of rotatable bonds is 6. The Hall–Kier alpha value is -1.75. The van der Waals surface area contributed by atoms with E-state index in [4.69, 9.17) is 16.3 Å². The zero-order valence-corrected chi connectivity index (χ0v) is 11.4. The van der Waals surface area contributed by atoms with E-state index >= 15 is 0 Å². The van der Waals surface area contributed by atoms with Gasteiger partial charge in [-0.1, -0.05) is 25.4 Å². The molecule has 6 heteroatoms. The highest BCUT2D eigenvalue weighted by Crippen LogP contribution is 2.15. The predicted molar refractivity (Wildman–Crippen MR) is 68.7 cm³/mol. The number of carboxylic acid groups (broad SMARTS) is 1. The van der Waals surface area contributed by atoms with Gasteiger partial charge in [-0.2, -0.15) is 0 Å². The molecule has 19 heavy (non-hydrogen) atoms. The third-order valence-corrected chi connectivity index (χ3v) is 2.67. The molecule has 1 aromatic rings. The molecule has 1 rings (SSSR count). The summed E-state index contributed by atoms with van der Waals surface area (Å²) in [5.74, 6) is -1.61. The van der Waals surface area contributed by atoms with Gasteiger partial charge in [-0.3, -0.25) is 4.79 Å². The molecule has 0 fully saturated rings. The summed E-state index contributed by atoms with van der Waals surface area (Å²) in [5, 5.41) is 13.7. The average molecular weight is 285 g/mol. The van der Waals surface area contributed by atoms with E-state index in [0.29, 0.717) is 10.8 Å². The average Bonchev–Trinajstić information content (AvgIpc) is 2.34. The lowest BCUT2D eigenvalue weighted by Crippen LogP contribution is -2.51. The number of carbonyl (C=O) groups excluding carboxylic acids is 2. The van der Waals surface area contributed by atoms with E-state index in [9.17, 15) is 14.7 Å². The fraction of sp³-hybridized carbons (Fsp3) is 0.385. The maximum absolute atomic E-state index is 11.5. The fourth-order valence-electron chi connectivity index (χ4n) is 1.39. The van der Waals surface area contributed by atoms with Crippen molar-refractivity contribution >= 4 is 23.5 Å². The second-order valence-corrected chi connectivity index (χ2v) is 4.79. The van der Waals surface area contributed by atoms with Crippen molar-refractivity contribution in [2.75, 3.05) is 6.61 Å². The zero-order chi connectivity index (χ0) is 14.4. The van der Waals surface area contributed by atoms with E-state index in [2.05, 4.69) is 5.32 Å². The highest BCUT2D eigenvalue weighted by atomic mass is 35.5. The number of hydrogen-bond donors (Lipinski definition) is 1. The van der Waals surface area contributed by atoms with Crippen molar-refractivity contribution in [1.29, 1.82) is 0 Å². The molecule has 1 N–H and O–H groups in total. The first-order chi connectivity index (χ1) is 8.90. The Bertz CT molecular complexity index is 444. The lowest BCUT2D eigenvalue weighted by Gasteiger charge is -2.23. The van der Waals surface area contributed by atoms with Crippen LogP contribution in [0.2, 0.25) is 5.02 Å². The number of carbonyl (C=O) groups is 2. The van der Waals surface area contributed by atoms with Crippen LogP contribution in [-0.2, 0) is 9.59 Å². The summed E-state index contributed by atoms with van der Waals surface area (Å²) in [6.07, 6.45) is 0. The molecule has 0 radical (unpaired) electrons. The molecule has 1 aromatic carbocycles. The molecule has 0 saturated heterocycles. The first-order valence-electron chi connectivity index (χ1n) is 5.78. The van der Waals surface area contributed by atoms with Crippen LogP contribution in [-0.4, -0.2) is 24.5 Å². The predicted octanol–water partition coefficient (Wildman–Crippen LogP) is 0.609. The van der Waals surface area contributed by atoms with E-state index < -0.39 is 17.9 Å². The topological polar surface area (TPSA) is 78.5 Å². The van der Waals surface area contributed by atoms with Crippen LogP contribution in [0.1, 0.15) is 13.8 Å². The van der Waals surface area contributed by atoms with Gasteiger partial charge in [-0.15, -0.1) is 0 Å². The van der Waals surface area contributed by atoms with Crippen molar-refractivity contribution < 1.29 is 19.4 Å². The van der Waals surface area contributed by atoms with Crippen LogP contribution in [0.4, 0.5) is 0 Å². The normalized spacial score (nSPS) is 12.0. The van der Waals surface area contributed by atoms with Gasteiger partial charge in [0.1, 0.15) is 5.75 Å². The van der Waals surface area contributed by atoms with E-state index in [1.807, 2.05) is 0 Å². The van der Waals surface area contributed by atoms with Crippen LogP contribution in [0, 0.1) is 5.92 Å². The molecule has 0 saturated carbocycles. The van der Waals surface area contributed by atoms with Gasteiger partial charge in [0, 0.05) is 5.02 Å². The highest BCUT2D eigenvalue weighted by molar-refractivity contribution is 6.30. The molecule has 0 aromatic heterocycles. The molecule has 1 atom stereocenters. The number of carboxylic acids is 1. The van der Waals surface area contributed by atoms with Gasteiger partial charge in [0.05, 0.1) is 12.0 Å². The summed E-state index contributed by atoms with van der Waals surface area (Å²) in [7, 11) is 0. The quantitative estimate of drug-likeness (QED) is 0.830. The number of aliphatic carboxylic acids is 1. The van der Waals surface area contributed by atoms with Gasteiger partial charge in [0.25, 0.3) is 5.91 Å². The molecule has 0 unspecified atom stereocenters. The molecule has 1 amide bonds. The minimum absolute atomic E-state index is 0.260. The Labute approximate surface area is 116 Å². The number of amides is 1. The van der Waals surface area contributed by atoms with Crippen LogP contribution in [0.3, 0.4) is 0 Å². The highest BCUT2D eigenvalue weighted by Gasteiger charge is 2.17. The van der Waals surface area contributed by atoms with E-state index in [1.165, 1.54) is 0 Å². The van der Waals surface area contributed by atoms with Crippen molar-refractivity contribution in [1.82, 2.24) is 5.32 Å². The van der Waals surface area contributed by atoms with Crippen LogP contribution < -0.4 is 15.2 Å². The first-order valence-corrected chi connectivity index (χ1v) is 6.16. The Morgan fingerprint density at radius 2 is 1.89 bits per heavy atom. The molecule has 0 aliphatic carbocycles. The van der Waals surface area contributed by atoms with Crippen molar-refractivity contribution in [2.24, 2.45) is 5.92 Å². The molecular formula is C13H15ClNO4-. The summed E-state index contributed by atoms with van der Waals surface area (Å²) in [4.78, 5) is 22.4. The lowest BCUT2D eigenvalue weighted by molar-refractivity contribution is -0.309. The maximum atomic E-state index is 11.5. The number of ether oxygens (including phenoxy) is 1. The Morgan fingerprint density at radius 3 is 2.37 bits per heavy atom. The van der Waals surface area contributed by atoms with Crippen molar-refractivity contribution in [3.05, 3.63) is 29.3 Å². The third-order valence-electron chi connectivity index (χ3n) is 2.42. The van der Waals surface area contributed by atoms with Gasteiger partial charge < -0.3 is 20.0 Å². The van der Waals surface area contributed by atoms with Crippen molar-refractivity contribution in [3.63, 3.8) is 0 Å². The number of hydrogen-bond acceptors (Lipinski definition) is 4. The second kappa shape index (κ2) is 6.99. The SMILES string of the molecule is CC(C)[C@@H](NC(=O)COc1ccc(Cl)cc1)C(=O)[O-]. The van der Waals surface area contributed by atoms with Gasteiger partial charge in [0.15, 0.2) is 6.61 Å². The van der Waals surface area contributed by atoms with Gasteiger partial charge in [0.2, 0.25) is 0 Å². The molecule has 0 spiro atoms. The molecule has 104 valence electrons. The largest absolute Gasteiger partial charge is 0.548 e. The van der Waals surface area contributed by atoms with Crippen molar-refractivity contribution in [3.8, 4) is 5.75 Å². The summed E-state index contributed by atoms with van der Waals surface area (Å²) < 4.78 is 5.20. The van der Waals surface area contributed by atoms with Crippen LogP contribution >= 0.6 is 11.6 Å². The van der Waals surface area contributed by atoms with Crippen LogP contribution in [0.25, 0.3) is 0 Å². The Kier molecular flexibility index (Phi) is 5.63. The van der Waals surface area contributed by atoms with E-state index in [-0.39, 0.29) is 12.5 Å².